The zero-order valence-corrected chi connectivity index (χ0v) is 14.0. The van der Waals surface area contributed by atoms with Gasteiger partial charge < -0.3 is 15.7 Å². The number of hydrogen-bond acceptors (Lipinski definition) is 3. The fourth-order valence-corrected chi connectivity index (χ4v) is 3.39. The van der Waals surface area contributed by atoms with Gasteiger partial charge in [0.05, 0.1) is 18.7 Å². The molecule has 23 heavy (non-hydrogen) atoms. The molecule has 0 unspecified atom stereocenters. The molecule has 5 nitrogen and oxygen atoms in total. The highest BCUT2D eigenvalue weighted by atomic mass is 19.3. The summed E-state index contributed by atoms with van der Waals surface area (Å²) in [5, 5.41) is 17.0. The van der Waals surface area contributed by atoms with E-state index in [1.807, 2.05) is 11.8 Å². The van der Waals surface area contributed by atoms with Crippen molar-refractivity contribution >= 4 is 5.96 Å². The molecule has 1 heterocycles. The Morgan fingerprint density at radius 3 is 2.52 bits per heavy atom. The zero-order valence-electron chi connectivity index (χ0n) is 14.0. The lowest BCUT2D eigenvalue weighted by molar-refractivity contribution is 0.0573. The number of alkyl halides is 2. The van der Waals surface area contributed by atoms with Crippen molar-refractivity contribution in [1.29, 1.82) is 0 Å². The molecule has 3 N–H and O–H groups in total. The minimum absolute atomic E-state index is 0.131. The summed E-state index contributed by atoms with van der Waals surface area (Å²) in [7, 11) is 0. The Balaban J connectivity index is 1.80. The molecule has 2 aliphatic rings. The second-order valence-corrected chi connectivity index (χ2v) is 6.74. The number of rotatable bonds is 6. The lowest BCUT2D eigenvalue weighted by Gasteiger charge is -2.33. The van der Waals surface area contributed by atoms with Crippen molar-refractivity contribution in [2.24, 2.45) is 4.99 Å². The van der Waals surface area contributed by atoms with Gasteiger partial charge in [-0.05, 0) is 32.6 Å². The first-order chi connectivity index (χ1) is 11.0. The average molecular weight is 332 g/mol. The molecule has 1 saturated heterocycles. The molecule has 0 radical (unpaired) electrons. The van der Waals surface area contributed by atoms with Crippen LogP contribution in [0.4, 0.5) is 8.78 Å². The van der Waals surface area contributed by atoms with E-state index in [-0.39, 0.29) is 12.6 Å². The molecule has 2 rings (SSSR count). The van der Waals surface area contributed by atoms with E-state index in [1.54, 1.807) is 0 Å². The number of nitrogens with one attached hydrogen (secondary N) is 2. The standard InChI is InChI=1S/C16H30F2N4O/c1-2-19-15(20-12-16(23)7-3-4-8-16)21-13-5-9-22(10-6-13)11-14(17)18/h13-14,23H,2-12H2,1H3,(H2,19,20,21). The van der Waals surface area contributed by atoms with E-state index in [9.17, 15) is 13.9 Å². The van der Waals surface area contributed by atoms with Gasteiger partial charge in [0.2, 0.25) is 0 Å². The van der Waals surface area contributed by atoms with Gasteiger partial charge in [-0.15, -0.1) is 0 Å². The van der Waals surface area contributed by atoms with Crippen molar-refractivity contribution in [3.05, 3.63) is 0 Å². The lowest BCUT2D eigenvalue weighted by atomic mass is 10.0. The summed E-state index contributed by atoms with van der Waals surface area (Å²) in [6.07, 6.45) is 3.19. The number of likely N-dealkylation sites (tertiary alicyclic amines) is 1. The minimum Gasteiger partial charge on any atom is -0.388 e. The highest BCUT2D eigenvalue weighted by Crippen LogP contribution is 2.29. The third-order valence-corrected chi connectivity index (χ3v) is 4.73. The van der Waals surface area contributed by atoms with Crippen molar-refractivity contribution in [3.8, 4) is 0 Å². The van der Waals surface area contributed by atoms with E-state index >= 15 is 0 Å². The van der Waals surface area contributed by atoms with E-state index in [4.69, 9.17) is 0 Å². The first-order valence-corrected chi connectivity index (χ1v) is 8.78. The molecular weight excluding hydrogens is 302 g/mol. The van der Waals surface area contributed by atoms with E-state index < -0.39 is 12.0 Å². The molecule has 134 valence electrons. The van der Waals surface area contributed by atoms with Crippen LogP contribution >= 0.6 is 0 Å². The van der Waals surface area contributed by atoms with Crippen LogP contribution in [-0.2, 0) is 0 Å². The summed E-state index contributed by atoms with van der Waals surface area (Å²) in [5.74, 6) is 0.722. The Labute approximate surface area is 137 Å². The second-order valence-electron chi connectivity index (χ2n) is 6.74. The SMILES string of the molecule is CCNC(=NCC1(O)CCCC1)NC1CCN(CC(F)F)CC1. The summed E-state index contributed by atoms with van der Waals surface area (Å²) in [6.45, 7) is 4.43. The normalized spacial score (nSPS) is 23.4. The molecule has 0 amide bonds. The van der Waals surface area contributed by atoms with Crippen LogP contribution in [-0.4, -0.2) is 66.8 Å². The van der Waals surface area contributed by atoms with Crippen molar-refractivity contribution in [3.63, 3.8) is 0 Å². The molecule has 2 fully saturated rings. The smallest absolute Gasteiger partial charge is 0.251 e. The molecule has 1 aliphatic carbocycles. The maximum Gasteiger partial charge on any atom is 0.251 e. The van der Waals surface area contributed by atoms with Crippen LogP contribution in [0.3, 0.4) is 0 Å². The van der Waals surface area contributed by atoms with Gasteiger partial charge >= 0.3 is 0 Å². The molecule has 0 aromatic heterocycles. The van der Waals surface area contributed by atoms with Crippen LogP contribution in [0.5, 0.6) is 0 Å². The van der Waals surface area contributed by atoms with E-state index in [1.165, 1.54) is 0 Å². The fraction of sp³-hybridized carbons (Fsp3) is 0.938. The minimum atomic E-state index is -2.26. The van der Waals surface area contributed by atoms with E-state index in [0.717, 1.165) is 51.0 Å². The van der Waals surface area contributed by atoms with Crippen LogP contribution in [0.2, 0.25) is 0 Å². The van der Waals surface area contributed by atoms with Crippen molar-refractivity contribution in [2.45, 2.75) is 63.5 Å². The molecule has 0 aromatic carbocycles. The summed E-state index contributed by atoms with van der Waals surface area (Å²) < 4.78 is 24.8. The Kier molecular flexibility index (Phi) is 7.02. The fourth-order valence-electron chi connectivity index (χ4n) is 3.39. The maximum atomic E-state index is 12.4. The molecule has 1 aliphatic heterocycles. The Bertz CT molecular complexity index is 378. The largest absolute Gasteiger partial charge is 0.388 e. The van der Waals surface area contributed by atoms with Gasteiger partial charge in [0.25, 0.3) is 6.43 Å². The van der Waals surface area contributed by atoms with Gasteiger partial charge in [0.15, 0.2) is 5.96 Å². The Morgan fingerprint density at radius 2 is 1.96 bits per heavy atom. The van der Waals surface area contributed by atoms with E-state index in [2.05, 4.69) is 15.6 Å². The molecule has 0 bridgehead atoms. The van der Waals surface area contributed by atoms with Gasteiger partial charge in [-0.2, -0.15) is 0 Å². The van der Waals surface area contributed by atoms with Gasteiger partial charge in [-0.25, -0.2) is 8.78 Å². The third kappa shape index (κ3) is 6.22. The first kappa shape index (κ1) is 18.4. The maximum absolute atomic E-state index is 12.4. The van der Waals surface area contributed by atoms with Gasteiger partial charge in [0.1, 0.15) is 0 Å². The van der Waals surface area contributed by atoms with Crippen molar-refractivity contribution in [2.75, 3.05) is 32.7 Å². The third-order valence-electron chi connectivity index (χ3n) is 4.73. The Hall–Kier alpha value is -0.950. The van der Waals surface area contributed by atoms with Crippen LogP contribution in [0.25, 0.3) is 0 Å². The summed E-state index contributed by atoms with van der Waals surface area (Å²) in [4.78, 5) is 6.35. The molecule has 1 saturated carbocycles. The molecule has 0 spiro atoms. The highest BCUT2D eigenvalue weighted by Gasteiger charge is 2.31. The summed E-state index contributed by atoms with van der Waals surface area (Å²) >= 11 is 0. The number of aliphatic hydroxyl groups is 1. The van der Waals surface area contributed by atoms with Gasteiger partial charge in [-0.1, -0.05) is 12.8 Å². The predicted molar refractivity (Wildman–Crippen MR) is 88.0 cm³/mol. The molecule has 0 atom stereocenters. The molecule has 0 aromatic rings. The van der Waals surface area contributed by atoms with Crippen molar-refractivity contribution in [1.82, 2.24) is 15.5 Å². The van der Waals surface area contributed by atoms with Crippen molar-refractivity contribution < 1.29 is 13.9 Å². The number of guanidine groups is 1. The summed E-state index contributed by atoms with van der Waals surface area (Å²) in [5.41, 5.74) is -0.650. The quantitative estimate of drug-likeness (QED) is 0.510. The van der Waals surface area contributed by atoms with Crippen LogP contribution in [0, 0.1) is 0 Å². The lowest BCUT2D eigenvalue weighted by Crippen LogP contribution is -2.49. The predicted octanol–water partition coefficient (Wildman–Crippen LogP) is 1.58. The summed E-state index contributed by atoms with van der Waals surface area (Å²) in [6, 6.07) is 0.250. The monoisotopic (exact) mass is 332 g/mol. The molecular formula is C16H30F2N4O. The number of nitrogens with zero attached hydrogens (tertiary/aromatic N) is 2. The number of halogens is 2. The van der Waals surface area contributed by atoms with Crippen LogP contribution < -0.4 is 10.6 Å². The number of aliphatic imine (C=N–C) groups is 1. The van der Waals surface area contributed by atoms with Crippen LogP contribution in [0.15, 0.2) is 4.99 Å². The first-order valence-electron chi connectivity index (χ1n) is 8.78. The Morgan fingerprint density at radius 1 is 1.30 bits per heavy atom. The van der Waals surface area contributed by atoms with Crippen LogP contribution in [0.1, 0.15) is 45.4 Å². The average Bonchev–Trinajstić information content (AvgIpc) is 2.94. The second kappa shape index (κ2) is 8.78. The number of hydrogen-bond donors (Lipinski definition) is 3. The van der Waals surface area contributed by atoms with E-state index in [0.29, 0.717) is 19.6 Å². The topological polar surface area (TPSA) is 59.9 Å². The number of piperidine rings is 1. The van der Waals surface area contributed by atoms with Gasteiger partial charge in [-0.3, -0.25) is 9.89 Å². The van der Waals surface area contributed by atoms with Gasteiger partial charge in [0, 0.05) is 25.7 Å². The highest BCUT2D eigenvalue weighted by molar-refractivity contribution is 5.80. The molecule has 7 heteroatoms. The zero-order chi connectivity index (χ0) is 16.7.